The van der Waals surface area contributed by atoms with Gasteiger partial charge in [0.25, 0.3) is 5.56 Å². The minimum atomic E-state index is -0.113. The molecule has 0 atom stereocenters. The molecule has 0 saturated heterocycles. The van der Waals surface area contributed by atoms with E-state index in [-0.39, 0.29) is 11.6 Å². The summed E-state index contributed by atoms with van der Waals surface area (Å²) < 4.78 is 1.78. The van der Waals surface area contributed by atoms with Gasteiger partial charge in [0.05, 0.1) is 17.6 Å². The Morgan fingerprint density at radius 3 is 2.60 bits per heavy atom. The summed E-state index contributed by atoms with van der Waals surface area (Å²) in [5, 5.41) is 4.23. The average molecular weight is 490 g/mol. The molecule has 1 saturated carbocycles. The number of aromatic nitrogens is 5. The summed E-state index contributed by atoms with van der Waals surface area (Å²) in [5.41, 5.74) is 10.2. The molecule has 3 heterocycles. The Hall–Kier alpha value is -3.36. The topological polar surface area (TPSA) is 112 Å². The second-order valence-corrected chi connectivity index (χ2v) is 9.62. The summed E-state index contributed by atoms with van der Waals surface area (Å²) in [6.07, 6.45) is 9.10. The van der Waals surface area contributed by atoms with Crippen LogP contribution in [-0.2, 0) is 6.54 Å². The lowest BCUT2D eigenvalue weighted by Crippen LogP contribution is -2.31. The highest BCUT2D eigenvalue weighted by Crippen LogP contribution is 2.32. The van der Waals surface area contributed by atoms with Crippen LogP contribution in [0.5, 0.6) is 0 Å². The maximum atomic E-state index is 13.8. The Morgan fingerprint density at radius 1 is 1.09 bits per heavy atom. The Morgan fingerprint density at radius 2 is 1.89 bits per heavy atom. The highest BCUT2D eigenvalue weighted by atomic mass is 35.5. The first-order valence-corrected chi connectivity index (χ1v) is 12.2. The van der Waals surface area contributed by atoms with Crippen molar-refractivity contribution in [2.24, 2.45) is 11.7 Å². The third kappa shape index (κ3) is 4.76. The summed E-state index contributed by atoms with van der Waals surface area (Å²) in [6.45, 7) is 2.48. The van der Waals surface area contributed by atoms with Gasteiger partial charge in [-0.25, -0.2) is 9.97 Å². The van der Waals surface area contributed by atoms with Gasteiger partial charge in [-0.1, -0.05) is 23.7 Å². The van der Waals surface area contributed by atoms with E-state index in [1.54, 1.807) is 30.2 Å². The van der Waals surface area contributed by atoms with Crippen molar-refractivity contribution in [2.45, 2.75) is 45.2 Å². The molecule has 180 valence electrons. The standard InChI is InChI=1S/C26H28ClN7O/c1-15-11-30-13-23(32-15)17-5-8-20(22(27)10-17)21-9-18-12-31-26(29-2)33-24(18)34(25(21)35)14-16-3-6-19(28)7-4-16/h5,8-13,16,19H,3-4,6-7,14,28H2,1-2H3,(H,29,31,33)/t16-,19-. The number of aryl methyl sites for hydroxylation is 1. The van der Waals surface area contributed by atoms with Crippen molar-refractivity contribution < 1.29 is 0 Å². The fraction of sp³-hybridized carbons (Fsp3) is 0.346. The summed E-state index contributed by atoms with van der Waals surface area (Å²) in [7, 11) is 1.76. The van der Waals surface area contributed by atoms with Crippen LogP contribution in [0.15, 0.2) is 47.7 Å². The number of fused-ring (bicyclic) bond motifs is 1. The number of anilines is 1. The molecule has 0 amide bonds. The van der Waals surface area contributed by atoms with Gasteiger partial charge in [-0.05, 0) is 50.7 Å². The van der Waals surface area contributed by atoms with Crippen molar-refractivity contribution in [2.75, 3.05) is 12.4 Å². The van der Waals surface area contributed by atoms with E-state index in [2.05, 4.69) is 25.3 Å². The molecule has 0 radical (unpaired) electrons. The van der Waals surface area contributed by atoms with Crippen LogP contribution in [0.25, 0.3) is 33.4 Å². The number of rotatable bonds is 5. The zero-order valence-electron chi connectivity index (χ0n) is 19.8. The quantitative estimate of drug-likeness (QED) is 0.426. The molecule has 0 unspecified atom stereocenters. The molecule has 0 spiro atoms. The van der Waals surface area contributed by atoms with Crippen molar-refractivity contribution in [3.63, 3.8) is 0 Å². The highest BCUT2D eigenvalue weighted by Gasteiger charge is 2.22. The van der Waals surface area contributed by atoms with Crippen LogP contribution < -0.4 is 16.6 Å². The van der Waals surface area contributed by atoms with Crippen LogP contribution in [0.4, 0.5) is 5.95 Å². The van der Waals surface area contributed by atoms with Crippen molar-refractivity contribution in [1.82, 2.24) is 24.5 Å². The van der Waals surface area contributed by atoms with Crippen molar-refractivity contribution in [3.05, 3.63) is 63.9 Å². The normalized spacial score (nSPS) is 18.1. The summed E-state index contributed by atoms with van der Waals surface area (Å²) in [5.74, 6) is 0.849. The van der Waals surface area contributed by atoms with Gasteiger partial charge in [0, 0.05) is 59.1 Å². The monoisotopic (exact) mass is 489 g/mol. The van der Waals surface area contributed by atoms with E-state index in [0.29, 0.717) is 40.2 Å². The van der Waals surface area contributed by atoms with Crippen LogP contribution in [0.3, 0.4) is 0 Å². The molecule has 4 aromatic rings. The van der Waals surface area contributed by atoms with Gasteiger partial charge in [-0.15, -0.1) is 0 Å². The molecule has 1 aromatic carbocycles. The van der Waals surface area contributed by atoms with Gasteiger partial charge in [-0.2, -0.15) is 4.98 Å². The minimum Gasteiger partial charge on any atom is -0.357 e. The Bertz CT molecular complexity index is 1440. The SMILES string of the molecule is CNc1ncc2cc(-c3ccc(-c4cncc(C)n4)cc3Cl)c(=O)n(C[C@H]3CC[C@H](N)CC3)c2n1. The minimum absolute atomic E-state index is 0.113. The first kappa shape index (κ1) is 23.4. The largest absolute Gasteiger partial charge is 0.357 e. The molecule has 0 aliphatic heterocycles. The molecule has 8 nitrogen and oxygen atoms in total. The van der Waals surface area contributed by atoms with E-state index in [9.17, 15) is 4.79 Å². The second-order valence-electron chi connectivity index (χ2n) is 9.22. The number of hydrogen-bond donors (Lipinski definition) is 2. The Labute approximate surface area is 208 Å². The smallest absolute Gasteiger partial charge is 0.260 e. The molecular formula is C26H28ClN7O. The fourth-order valence-electron chi connectivity index (χ4n) is 4.77. The Kier molecular flexibility index (Phi) is 6.49. The van der Waals surface area contributed by atoms with Crippen LogP contribution >= 0.6 is 11.6 Å². The number of nitrogens with zero attached hydrogens (tertiary/aromatic N) is 5. The molecule has 1 aliphatic rings. The summed E-state index contributed by atoms with van der Waals surface area (Å²) >= 11 is 6.73. The molecule has 3 aromatic heterocycles. The number of hydrogen-bond acceptors (Lipinski definition) is 7. The number of pyridine rings is 1. The third-order valence-electron chi connectivity index (χ3n) is 6.69. The van der Waals surface area contributed by atoms with Gasteiger partial charge < -0.3 is 11.1 Å². The predicted molar refractivity (Wildman–Crippen MR) is 139 cm³/mol. The zero-order valence-corrected chi connectivity index (χ0v) is 20.6. The van der Waals surface area contributed by atoms with Crippen molar-refractivity contribution >= 4 is 28.6 Å². The Balaban J connectivity index is 1.61. The second kappa shape index (κ2) is 9.71. The van der Waals surface area contributed by atoms with Gasteiger partial charge >= 0.3 is 0 Å². The van der Waals surface area contributed by atoms with Crippen molar-refractivity contribution in [3.8, 4) is 22.4 Å². The molecule has 5 rings (SSSR count). The lowest BCUT2D eigenvalue weighted by molar-refractivity contribution is 0.295. The first-order valence-electron chi connectivity index (χ1n) is 11.9. The molecule has 1 fully saturated rings. The number of halogens is 1. The van der Waals surface area contributed by atoms with E-state index in [1.165, 1.54) is 0 Å². The number of benzene rings is 1. The lowest BCUT2D eigenvalue weighted by atomic mass is 9.86. The fourth-order valence-corrected chi connectivity index (χ4v) is 5.05. The van der Waals surface area contributed by atoms with Crippen LogP contribution in [-0.4, -0.2) is 37.6 Å². The highest BCUT2D eigenvalue weighted by molar-refractivity contribution is 6.33. The predicted octanol–water partition coefficient (Wildman–Crippen LogP) is 4.44. The molecule has 3 N–H and O–H groups in total. The zero-order chi connectivity index (χ0) is 24.5. The van der Waals surface area contributed by atoms with E-state index in [0.717, 1.165) is 48.0 Å². The maximum absolute atomic E-state index is 13.8. The number of nitrogens with two attached hydrogens (primary N) is 1. The first-order chi connectivity index (χ1) is 16.9. The average Bonchev–Trinajstić information content (AvgIpc) is 2.86. The van der Waals surface area contributed by atoms with E-state index < -0.39 is 0 Å². The van der Waals surface area contributed by atoms with E-state index in [4.69, 9.17) is 17.3 Å². The third-order valence-corrected chi connectivity index (χ3v) is 7.01. The summed E-state index contributed by atoms with van der Waals surface area (Å²) in [6, 6.07) is 7.70. The van der Waals surface area contributed by atoms with Gasteiger partial charge in [0.2, 0.25) is 5.95 Å². The van der Waals surface area contributed by atoms with Crippen LogP contribution in [0, 0.1) is 12.8 Å². The summed E-state index contributed by atoms with van der Waals surface area (Å²) in [4.78, 5) is 31.6. The van der Waals surface area contributed by atoms with Gasteiger partial charge in [0.15, 0.2) is 0 Å². The maximum Gasteiger partial charge on any atom is 0.260 e. The molecule has 9 heteroatoms. The molecule has 1 aliphatic carbocycles. The number of nitrogens with one attached hydrogen (secondary N) is 1. The van der Waals surface area contributed by atoms with Crippen LogP contribution in [0.2, 0.25) is 5.02 Å². The molecule has 35 heavy (non-hydrogen) atoms. The van der Waals surface area contributed by atoms with E-state index in [1.807, 2.05) is 31.2 Å². The van der Waals surface area contributed by atoms with E-state index >= 15 is 0 Å². The van der Waals surface area contributed by atoms with Crippen molar-refractivity contribution in [1.29, 1.82) is 0 Å². The molecule has 0 bridgehead atoms. The molecular weight excluding hydrogens is 462 g/mol. The van der Waals surface area contributed by atoms with Gasteiger partial charge in [-0.3, -0.25) is 14.3 Å². The van der Waals surface area contributed by atoms with Gasteiger partial charge in [0.1, 0.15) is 5.65 Å². The lowest BCUT2D eigenvalue weighted by Gasteiger charge is -2.27. The van der Waals surface area contributed by atoms with Crippen LogP contribution in [0.1, 0.15) is 31.4 Å².